The predicted octanol–water partition coefficient (Wildman–Crippen LogP) is 0.598. The van der Waals surface area contributed by atoms with Crippen LogP contribution in [-0.2, 0) is 0 Å². The molecular formula is C5H10N2S. The number of hydrogen-bond acceptors (Lipinski definition) is 2. The molecule has 0 aliphatic carbocycles. The Morgan fingerprint density at radius 3 is 2.62 bits per heavy atom. The van der Waals surface area contributed by atoms with Crippen molar-refractivity contribution in [3.05, 3.63) is 0 Å². The number of thiol groups is 1. The molecular weight excluding hydrogens is 120 g/mol. The normalized spacial score (nSPS) is 29.5. The lowest BCUT2D eigenvalue weighted by atomic mass is 10.4. The van der Waals surface area contributed by atoms with Gasteiger partial charge < -0.3 is 4.90 Å². The van der Waals surface area contributed by atoms with Gasteiger partial charge in [0.25, 0.3) is 0 Å². The highest BCUT2D eigenvalue weighted by Gasteiger charge is 2.21. The van der Waals surface area contributed by atoms with Crippen molar-refractivity contribution in [1.82, 2.24) is 4.90 Å². The molecule has 0 spiro atoms. The first-order chi connectivity index (χ1) is 3.72. The van der Waals surface area contributed by atoms with Crippen molar-refractivity contribution in [2.24, 2.45) is 0 Å². The molecule has 1 heterocycles. The Labute approximate surface area is 54.8 Å². The summed E-state index contributed by atoms with van der Waals surface area (Å²) in [5, 5.41) is 7.50. The summed E-state index contributed by atoms with van der Waals surface area (Å²) in [5.74, 6) is 0.660. The minimum atomic E-state index is 0.194. The molecule has 8 heavy (non-hydrogen) atoms. The second-order valence-electron chi connectivity index (χ2n) is 2.11. The minimum absolute atomic E-state index is 0.194. The van der Waals surface area contributed by atoms with Gasteiger partial charge in [-0.15, -0.1) is 0 Å². The van der Waals surface area contributed by atoms with E-state index in [0.29, 0.717) is 5.84 Å². The van der Waals surface area contributed by atoms with Crippen molar-refractivity contribution in [1.29, 1.82) is 5.41 Å². The van der Waals surface area contributed by atoms with E-state index in [2.05, 4.69) is 12.6 Å². The molecule has 46 valence electrons. The lowest BCUT2D eigenvalue weighted by molar-refractivity contribution is 0.547. The zero-order valence-electron chi connectivity index (χ0n) is 4.89. The van der Waals surface area contributed by atoms with Crippen LogP contribution in [0.25, 0.3) is 0 Å². The van der Waals surface area contributed by atoms with Gasteiger partial charge in [0.05, 0.1) is 5.25 Å². The van der Waals surface area contributed by atoms with Crippen LogP contribution >= 0.6 is 12.6 Å². The molecule has 0 amide bonds. The Hall–Kier alpha value is -0.180. The SMILES string of the molecule is CN1CCC(S)C1=N. The van der Waals surface area contributed by atoms with Crippen LogP contribution in [0.4, 0.5) is 0 Å². The number of amidine groups is 1. The molecule has 1 atom stereocenters. The number of rotatable bonds is 0. The first-order valence-electron chi connectivity index (χ1n) is 2.69. The van der Waals surface area contributed by atoms with E-state index in [4.69, 9.17) is 5.41 Å². The highest BCUT2D eigenvalue weighted by atomic mass is 32.1. The Bertz CT molecular complexity index is 101. The molecule has 0 aromatic rings. The largest absolute Gasteiger partial charge is 0.363 e. The van der Waals surface area contributed by atoms with Gasteiger partial charge in [-0.05, 0) is 6.42 Å². The third-order valence-electron chi connectivity index (χ3n) is 1.46. The maximum absolute atomic E-state index is 7.31. The van der Waals surface area contributed by atoms with Gasteiger partial charge in [-0.25, -0.2) is 0 Å². The topological polar surface area (TPSA) is 27.1 Å². The minimum Gasteiger partial charge on any atom is -0.363 e. The fraction of sp³-hybridized carbons (Fsp3) is 0.800. The molecule has 0 aromatic carbocycles. The predicted molar refractivity (Wildman–Crippen MR) is 37.7 cm³/mol. The second-order valence-corrected chi connectivity index (χ2v) is 2.73. The van der Waals surface area contributed by atoms with Crippen LogP contribution in [0, 0.1) is 5.41 Å². The Morgan fingerprint density at radius 1 is 1.88 bits per heavy atom. The molecule has 1 aliphatic rings. The van der Waals surface area contributed by atoms with Crippen molar-refractivity contribution in [2.45, 2.75) is 11.7 Å². The van der Waals surface area contributed by atoms with Gasteiger partial charge in [0.15, 0.2) is 0 Å². The summed E-state index contributed by atoms with van der Waals surface area (Å²) < 4.78 is 0. The maximum atomic E-state index is 7.31. The highest BCUT2D eigenvalue weighted by molar-refractivity contribution is 7.81. The van der Waals surface area contributed by atoms with E-state index in [1.807, 2.05) is 11.9 Å². The average Bonchev–Trinajstić information content (AvgIpc) is 1.98. The van der Waals surface area contributed by atoms with Crippen LogP contribution in [0.1, 0.15) is 6.42 Å². The smallest absolute Gasteiger partial charge is 0.109 e. The summed E-state index contributed by atoms with van der Waals surface area (Å²) in [6.07, 6.45) is 1.03. The summed E-state index contributed by atoms with van der Waals surface area (Å²) in [4.78, 5) is 1.93. The number of likely N-dealkylation sites (tertiary alicyclic amines) is 1. The summed E-state index contributed by atoms with van der Waals surface area (Å²) in [7, 11) is 1.93. The first-order valence-corrected chi connectivity index (χ1v) is 3.21. The molecule has 1 saturated heterocycles. The zero-order chi connectivity index (χ0) is 6.15. The third-order valence-corrected chi connectivity index (χ3v) is 1.97. The Balaban J connectivity index is 2.57. The molecule has 0 radical (unpaired) electrons. The molecule has 0 aromatic heterocycles. The Morgan fingerprint density at radius 2 is 2.50 bits per heavy atom. The van der Waals surface area contributed by atoms with E-state index in [1.54, 1.807) is 0 Å². The lowest BCUT2D eigenvalue weighted by Gasteiger charge is -2.08. The summed E-state index contributed by atoms with van der Waals surface area (Å²) >= 11 is 4.18. The summed E-state index contributed by atoms with van der Waals surface area (Å²) in [6, 6.07) is 0. The van der Waals surface area contributed by atoms with E-state index in [9.17, 15) is 0 Å². The molecule has 1 unspecified atom stereocenters. The van der Waals surface area contributed by atoms with Gasteiger partial charge in [-0.1, -0.05) is 0 Å². The van der Waals surface area contributed by atoms with Gasteiger partial charge in [0.2, 0.25) is 0 Å². The van der Waals surface area contributed by atoms with E-state index in [0.717, 1.165) is 13.0 Å². The molecule has 0 bridgehead atoms. The molecule has 1 fully saturated rings. The molecule has 2 nitrogen and oxygen atoms in total. The van der Waals surface area contributed by atoms with Gasteiger partial charge in [0.1, 0.15) is 5.84 Å². The van der Waals surface area contributed by atoms with Crippen LogP contribution in [0.5, 0.6) is 0 Å². The van der Waals surface area contributed by atoms with Gasteiger partial charge >= 0.3 is 0 Å². The van der Waals surface area contributed by atoms with Crippen molar-refractivity contribution in [3.63, 3.8) is 0 Å². The third kappa shape index (κ3) is 0.823. The fourth-order valence-electron chi connectivity index (χ4n) is 0.828. The molecule has 0 saturated carbocycles. The standard InChI is InChI=1S/C5H10N2S/c1-7-3-2-4(8)5(7)6/h4,6,8H,2-3H2,1H3. The molecule has 1 N–H and O–H groups in total. The van der Waals surface area contributed by atoms with Crippen LogP contribution in [0.2, 0.25) is 0 Å². The zero-order valence-corrected chi connectivity index (χ0v) is 5.78. The van der Waals surface area contributed by atoms with Crippen molar-refractivity contribution < 1.29 is 0 Å². The molecule has 3 heteroatoms. The number of nitrogens with one attached hydrogen (secondary N) is 1. The van der Waals surface area contributed by atoms with Gasteiger partial charge in [-0.3, -0.25) is 5.41 Å². The van der Waals surface area contributed by atoms with E-state index in [1.165, 1.54) is 0 Å². The molecule has 1 aliphatic heterocycles. The van der Waals surface area contributed by atoms with Crippen molar-refractivity contribution in [3.8, 4) is 0 Å². The summed E-state index contributed by atoms with van der Waals surface area (Å²) in [6.45, 7) is 0.993. The lowest BCUT2D eigenvalue weighted by Crippen LogP contribution is -2.21. The quantitative estimate of drug-likeness (QED) is 0.461. The van der Waals surface area contributed by atoms with E-state index in [-0.39, 0.29) is 5.25 Å². The summed E-state index contributed by atoms with van der Waals surface area (Å²) in [5.41, 5.74) is 0. The Kier molecular flexibility index (Phi) is 1.47. The van der Waals surface area contributed by atoms with Crippen LogP contribution in [0.15, 0.2) is 0 Å². The van der Waals surface area contributed by atoms with E-state index >= 15 is 0 Å². The van der Waals surface area contributed by atoms with Crippen LogP contribution in [-0.4, -0.2) is 29.6 Å². The van der Waals surface area contributed by atoms with Gasteiger partial charge in [0, 0.05) is 13.6 Å². The van der Waals surface area contributed by atoms with Gasteiger partial charge in [-0.2, -0.15) is 12.6 Å². The monoisotopic (exact) mass is 130 g/mol. The van der Waals surface area contributed by atoms with Crippen molar-refractivity contribution >= 4 is 18.5 Å². The molecule has 1 rings (SSSR count). The van der Waals surface area contributed by atoms with Crippen LogP contribution in [0.3, 0.4) is 0 Å². The van der Waals surface area contributed by atoms with Crippen LogP contribution < -0.4 is 0 Å². The highest BCUT2D eigenvalue weighted by Crippen LogP contribution is 2.13. The second kappa shape index (κ2) is 1.97. The average molecular weight is 130 g/mol. The van der Waals surface area contributed by atoms with E-state index < -0.39 is 0 Å². The maximum Gasteiger partial charge on any atom is 0.109 e. The number of nitrogens with zero attached hydrogens (tertiary/aromatic N) is 1. The fourth-order valence-corrected chi connectivity index (χ4v) is 1.14. The number of hydrogen-bond donors (Lipinski definition) is 2. The van der Waals surface area contributed by atoms with Crippen molar-refractivity contribution in [2.75, 3.05) is 13.6 Å². The first kappa shape index (κ1) is 5.95.